The minimum Gasteiger partial charge on any atom is -0.306 e. The standard InChI is InChI=1S/C16H14BrFN2/c1-11(12-4-3-7-15(17)8-12)20-10-14-6-2-5-13(9-19)16(14)18/h2-8,11,20H,10H2,1H3/t11-/m0/s1. The first kappa shape index (κ1) is 14.7. The Morgan fingerprint density at radius 1 is 1.30 bits per heavy atom. The number of nitrogens with zero attached hydrogens (tertiary/aromatic N) is 1. The van der Waals surface area contributed by atoms with E-state index in [1.807, 2.05) is 37.3 Å². The molecule has 2 rings (SSSR count). The molecule has 0 aliphatic rings. The molecule has 20 heavy (non-hydrogen) atoms. The lowest BCUT2D eigenvalue weighted by Crippen LogP contribution is -2.19. The van der Waals surface area contributed by atoms with Crippen LogP contribution >= 0.6 is 15.9 Å². The summed E-state index contributed by atoms with van der Waals surface area (Å²) < 4.78 is 14.9. The summed E-state index contributed by atoms with van der Waals surface area (Å²) in [6.07, 6.45) is 0. The van der Waals surface area contributed by atoms with Gasteiger partial charge >= 0.3 is 0 Å². The summed E-state index contributed by atoms with van der Waals surface area (Å²) in [6.45, 7) is 2.41. The van der Waals surface area contributed by atoms with Crippen LogP contribution in [0.4, 0.5) is 4.39 Å². The summed E-state index contributed by atoms with van der Waals surface area (Å²) in [7, 11) is 0. The van der Waals surface area contributed by atoms with Crippen LogP contribution in [0.5, 0.6) is 0 Å². The highest BCUT2D eigenvalue weighted by atomic mass is 79.9. The second kappa shape index (κ2) is 6.65. The molecular weight excluding hydrogens is 319 g/mol. The number of hydrogen-bond donors (Lipinski definition) is 1. The third-order valence-electron chi connectivity index (χ3n) is 3.15. The first-order valence-electron chi connectivity index (χ1n) is 6.28. The number of rotatable bonds is 4. The van der Waals surface area contributed by atoms with E-state index in [9.17, 15) is 4.39 Å². The minimum absolute atomic E-state index is 0.0828. The topological polar surface area (TPSA) is 35.8 Å². The molecule has 0 saturated heterocycles. The zero-order valence-electron chi connectivity index (χ0n) is 11.0. The minimum atomic E-state index is -0.441. The molecule has 2 nitrogen and oxygen atoms in total. The molecule has 0 aromatic heterocycles. The van der Waals surface area contributed by atoms with Gasteiger partial charge in [-0.15, -0.1) is 0 Å². The number of hydrogen-bond acceptors (Lipinski definition) is 2. The summed E-state index contributed by atoms with van der Waals surface area (Å²) in [4.78, 5) is 0. The molecular formula is C16H14BrFN2. The highest BCUT2D eigenvalue weighted by Crippen LogP contribution is 2.19. The van der Waals surface area contributed by atoms with Crippen molar-refractivity contribution in [2.24, 2.45) is 0 Å². The van der Waals surface area contributed by atoms with Gasteiger partial charge in [-0.3, -0.25) is 0 Å². The smallest absolute Gasteiger partial charge is 0.145 e. The van der Waals surface area contributed by atoms with Crippen LogP contribution in [0.25, 0.3) is 0 Å². The first-order chi connectivity index (χ1) is 9.61. The van der Waals surface area contributed by atoms with Crippen LogP contribution in [0.3, 0.4) is 0 Å². The van der Waals surface area contributed by atoms with Gasteiger partial charge in [-0.25, -0.2) is 4.39 Å². The molecule has 0 amide bonds. The lowest BCUT2D eigenvalue weighted by Gasteiger charge is -2.15. The average molecular weight is 333 g/mol. The van der Waals surface area contributed by atoms with Crippen molar-refractivity contribution in [2.75, 3.05) is 0 Å². The Morgan fingerprint density at radius 3 is 2.75 bits per heavy atom. The van der Waals surface area contributed by atoms with Gasteiger partial charge in [0.05, 0.1) is 5.56 Å². The van der Waals surface area contributed by atoms with Crippen LogP contribution in [-0.4, -0.2) is 0 Å². The molecule has 2 aromatic carbocycles. The van der Waals surface area contributed by atoms with Crippen molar-refractivity contribution in [3.05, 3.63) is 69.4 Å². The van der Waals surface area contributed by atoms with Gasteiger partial charge < -0.3 is 5.32 Å². The van der Waals surface area contributed by atoms with E-state index >= 15 is 0 Å². The summed E-state index contributed by atoms with van der Waals surface area (Å²) in [5.41, 5.74) is 1.71. The molecule has 1 N–H and O–H groups in total. The molecule has 102 valence electrons. The predicted molar refractivity (Wildman–Crippen MR) is 80.5 cm³/mol. The maximum atomic E-state index is 13.9. The molecule has 0 unspecified atom stereocenters. The third-order valence-corrected chi connectivity index (χ3v) is 3.64. The van der Waals surface area contributed by atoms with E-state index in [1.165, 1.54) is 6.07 Å². The van der Waals surface area contributed by atoms with Crippen molar-refractivity contribution in [1.82, 2.24) is 5.32 Å². The number of nitrogens with one attached hydrogen (secondary N) is 1. The molecule has 0 radical (unpaired) electrons. The van der Waals surface area contributed by atoms with Crippen molar-refractivity contribution in [2.45, 2.75) is 19.5 Å². The molecule has 0 saturated carbocycles. The Morgan fingerprint density at radius 2 is 2.05 bits per heavy atom. The summed E-state index contributed by atoms with van der Waals surface area (Å²) in [6, 6.07) is 14.8. The fraction of sp³-hybridized carbons (Fsp3) is 0.188. The van der Waals surface area contributed by atoms with Gasteiger partial charge in [-0.2, -0.15) is 5.26 Å². The Hall–Kier alpha value is -1.70. The molecule has 0 heterocycles. The fourth-order valence-electron chi connectivity index (χ4n) is 1.96. The van der Waals surface area contributed by atoms with Crippen molar-refractivity contribution < 1.29 is 4.39 Å². The highest BCUT2D eigenvalue weighted by molar-refractivity contribution is 9.10. The second-order valence-electron chi connectivity index (χ2n) is 4.55. The van der Waals surface area contributed by atoms with E-state index in [0.29, 0.717) is 12.1 Å². The van der Waals surface area contributed by atoms with E-state index in [1.54, 1.807) is 12.1 Å². The summed E-state index contributed by atoms with van der Waals surface area (Å²) >= 11 is 3.43. The van der Waals surface area contributed by atoms with Crippen LogP contribution in [-0.2, 0) is 6.54 Å². The van der Waals surface area contributed by atoms with Gasteiger partial charge in [-0.1, -0.05) is 40.2 Å². The monoisotopic (exact) mass is 332 g/mol. The maximum Gasteiger partial charge on any atom is 0.145 e. The van der Waals surface area contributed by atoms with Gasteiger partial charge in [0.2, 0.25) is 0 Å². The van der Waals surface area contributed by atoms with E-state index in [-0.39, 0.29) is 11.6 Å². The average Bonchev–Trinajstić information content (AvgIpc) is 2.46. The number of nitriles is 1. The van der Waals surface area contributed by atoms with Crippen LogP contribution < -0.4 is 5.32 Å². The second-order valence-corrected chi connectivity index (χ2v) is 5.46. The van der Waals surface area contributed by atoms with Gasteiger partial charge in [0.1, 0.15) is 11.9 Å². The molecule has 0 fully saturated rings. The van der Waals surface area contributed by atoms with E-state index in [0.717, 1.165) is 10.0 Å². The zero-order chi connectivity index (χ0) is 14.5. The van der Waals surface area contributed by atoms with Crippen molar-refractivity contribution >= 4 is 15.9 Å². The number of benzene rings is 2. The normalized spacial score (nSPS) is 11.9. The van der Waals surface area contributed by atoms with E-state index in [4.69, 9.17) is 5.26 Å². The molecule has 0 aliphatic heterocycles. The van der Waals surface area contributed by atoms with E-state index < -0.39 is 5.82 Å². The van der Waals surface area contributed by atoms with Crippen molar-refractivity contribution in [1.29, 1.82) is 5.26 Å². The molecule has 4 heteroatoms. The lowest BCUT2D eigenvalue weighted by molar-refractivity contribution is 0.543. The first-order valence-corrected chi connectivity index (χ1v) is 7.07. The van der Waals surface area contributed by atoms with Crippen LogP contribution in [0.15, 0.2) is 46.9 Å². The van der Waals surface area contributed by atoms with Gasteiger partial charge in [0.25, 0.3) is 0 Å². The maximum absolute atomic E-state index is 13.9. The Bertz CT molecular complexity index is 649. The van der Waals surface area contributed by atoms with Crippen LogP contribution in [0.1, 0.15) is 29.7 Å². The third kappa shape index (κ3) is 3.44. The van der Waals surface area contributed by atoms with Crippen LogP contribution in [0.2, 0.25) is 0 Å². The molecule has 1 atom stereocenters. The SMILES string of the molecule is C[C@H](NCc1cccc(C#N)c1F)c1cccc(Br)c1. The van der Waals surface area contributed by atoms with Gasteiger partial charge in [0.15, 0.2) is 0 Å². The molecule has 0 aliphatic carbocycles. The van der Waals surface area contributed by atoms with Gasteiger partial charge in [-0.05, 0) is 30.7 Å². The lowest BCUT2D eigenvalue weighted by atomic mass is 10.1. The van der Waals surface area contributed by atoms with E-state index in [2.05, 4.69) is 21.2 Å². The molecule has 0 bridgehead atoms. The summed E-state index contributed by atoms with van der Waals surface area (Å²) in [5.74, 6) is -0.441. The number of halogens is 2. The summed E-state index contributed by atoms with van der Waals surface area (Å²) in [5, 5.41) is 12.1. The highest BCUT2D eigenvalue weighted by Gasteiger charge is 2.10. The van der Waals surface area contributed by atoms with Crippen LogP contribution in [0, 0.1) is 17.1 Å². The zero-order valence-corrected chi connectivity index (χ0v) is 12.6. The predicted octanol–water partition coefficient (Wildman–Crippen LogP) is 4.31. The molecule has 0 spiro atoms. The quantitative estimate of drug-likeness (QED) is 0.905. The Labute approximate surface area is 126 Å². The van der Waals surface area contributed by atoms with Crippen molar-refractivity contribution in [3.63, 3.8) is 0 Å². The fourth-order valence-corrected chi connectivity index (χ4v) is 2.38. The van der Waals surface area contributed by atoms with Gasteiger partial charge in [0, 0.05) is 22.6 Å². The molecule has 2 aromatic rings. The largest absolute Gasteiger partial charge is 0.306 e. The van der Waals surface area contributed by atoms with Crippen molar-refractivity contribution in [3.8, 4) is 6.07 Å². The Balaban J connectivity index is 2.08. The Kier molecular flexibility index (Phi) is 4.89.